The minimum Gasteiger partial charge on any atom is -0.497 e. The first-order valence-electron chi connectivity index (χ1n) is 11.9. The fraction of sp³-hybridized carbons (Fsp3) is 0.462. The van der Waals surface area contributed by atoms with E-state index >= 15 is 0 Å². The standard InChI is InChI=1S/C26H37N3O5S/c1-5-6-18-27-26(31)21(2)29(20-22-14-16-23(34-4)17-15-22)25(30)13-10-19-28(3)35(32,33)24-11-8-7-9-12-24/h7-9,11-12,14-17,21H,5-6,10,13,18-20H2,1-4H3,(H,27,31). The van der Waals surface area contributed by atoms with Crippen molar-refractivity contribution in [1.29, 1.82) is 0 Å². The van der Waals surface area contributed by atoms with Crippen LogP contribution in [0.4, 0.5) is 0 Å². The quantitative estimate of drug-likeness (QED) is 0.399. The van der Waals surface area contributed by atoms with Crippen LogP contribution in [0.3, 0.4) is 0 Å². The Bertz CT molecular complexity index is 1040. The Kier molecular flexibility index (Phi) is 11.2. The van der Waals surface area contributed by atoms with Crippen LogP contribution in [0.5, 0.6) is 5.75 Å². The molecule has 1 N–H and O–H groups in total. The molecule has 35 heavy (non-hydrogen) atoms. The van der Waals surface area contributed by atoms with Crippen molar-refractivity contribution in [3.8, 4) is 5.75 Å². The first-order valence-corrected chi connectivity index (χ1v) is 13.4. The summed E-state index contributed by atoms with van der Waals surface area (Å²) in [5.74, 6) is 0.299. The molecule has 2 aromatic rings. The van der Waals surface area contributed by atoms with Gasteiger partial charge in [-0.3, -0.25) is 9.59 Å². The lowest BCUT2D eigenvalue weighted by Crippen LogP contribution is -2.47. The highest BCUT2D eigenvalue weighted by molar-refractivity contribution is 7.89. The van der Waals surface area contributed by atoms with E-state index in [-0.39, 0.29) is 36.2 Å². The molecule has 192 valence electrons. The van der Waals surface area contributed by atoms with Crippen molar-refractivity contribution in [3.05, 3.63) is 60.2 Å². The molecule has 0 aliphatic rings. The van der Waals surface area contributed by atoms with Gasteiger partial charge in [0.1, 0.15) is 11.8 Å². The first kappa shape index (κ1) is 28.3. The van der Waals surface area contributed by atoms with Crippen LogP contribution >= 0.6 is 0 Å². The molecule has 2 rings (SSSR count). The second kappa shape index (κ2) is 13.8. The number of carbonyl (C=O) groups is 2. The third kappa shape index (κ3) is 8.36. The van der Waals surface area contributed by atoms with E-state index in [9.17, 15) is 18.0 Å². The van der Waals surface area contributed by atoms with Crippen LogP contribution in [0.2, 0.25) is 0 Å². The van der Waals surface area contributed by atoms with E-state index in [0.717, 1.165) is 18.4 Å². The molecule has 1 atom stereocenters. The van der Waals surface area contributed by atoms with Crippen molar-refractivity contribution in [2.75, 3.05) is 27.2 Å². The summed E-state index contributed by atoms with van der Waals surface area (Å²) in [6, 6.07) is 14.9. The van der Waals surface area contributed by atoms with Gasteiger partial charge in [-0.05, 0) is 49.6 Å². The summed E-state index contributed by atoms with van der Waals surface area (Å²) in [6.07, 6.45) is 2.29. The lowest BCUT2D eigenvalue weighted by molar-refractivity contribution is -0.140. The molecule has 0 spiro atoms. The number of sulfonamides is 1. The molecule has 2 amide bonds. The van der Waals surface area contributed by atoms with Crippen molar-refractivity contribution >= 4 is 21.8 Å². The van der Waals surface area contributed by atoms with E-state index in [1.54, 1.807) is 49.3 Å². The van der Waals surface area contributed by atoms with Crippen LogP contribution in [0, 0.1) is 0 Å². The smallest absolute Gasteiger partial charge is 0.242 e. The average Bonchev–Trinajstić information content (AvgIpc) is 2.87. The lowest BCUT2D eigenvalue weighted by atomic mass is 10.1. The summed E-state index contributed by atoms with van der Waals surface area (Å²) in [4.78, 5) is 27.7. The summed E-state index contributed by atoms with van der Waals surface area (Å²) in [6.45, 7) is 4.78. The molecular weight excluding hydrogens is 466 g/mol. The Hall–Kier alpha value is -2.91. The van der Waals surface area contributed by atoms with Gasteiger partial charge in [-0.1, -0.05) is 43.7 Å². The van der Waals surface area contributed by atoms with Gasteiger partial charge in [-0.15, -0.1) is 0 Å². The maximum Gasteiger partial charge on any atom is 0.242 e. The molecule has 0 fully saturated rings. The molecule has 0 heterocycles. The van der Waals surface area contributed by atoms with Gasteiger partial charge < -0.3 is 15.0 Å². The number of ether oxygens (including phenoxy) is 1. The molecule has 1 unspecified atom stereocenters. The number of amides is 2. The fourth-order valence-electron chi connectivity index (χ4n) is 3.54. The number of carbonyl (C=O) groups excluding carboxylic acids is 2. The van der Waals surface area contributed by atoms with Crippen molar-refractivity contribution in [2.45, 2.75) is 57.0 Å². The molecular formula is C26H37N3O5S. The molecule has 0 bridgehead atoms. The molecule has 0 radical (unpaired) electrons. The van der Waals surface area contributed by atoms with Crippen molar-refractivity contribution in [2.24, 2.45) is 0 Å². The molecule has 8 nitrogen and oxygen atoms in total. The van der Waals surface area contributed by atoms with Gasteiger partial charge in [0.2, 0.25) is 21.8 Å². The fourth-order valence-corrected chi connectivity index (χ4v) is 4.77. The zero-order valence-corrected chi connectivity index (χ0v) is 21.9. The molecule has 0 saturated heterocycles. The van der Waals surface area contributed by atoms with Crippen molar-refractivity contribution < 1.29 is 22.7 Å². The monoisotopic (exact) mass is 503 g/mol. The van der Waals surface area contributed by atoms with Crippen LogP contribution in [0.1, 0.15) is 45.1 Å². The van der Waals surface area contributed by atoms with E-state index in [4.69, 9.17) is 4.74 Å². The minimum absolute atomic E-state index is 0.122. The Labute approximate surface area is 209 Å². The Morgan fingerprint density at radius 2 is 1.69 bits per heavy atom. The molecule has 0 aromatic heterocycles. The summed E-state index contributed by atoms with van der Waals surface area (Å²) in [7, 11) is -0.531. The predicted octanol–water partition coefficient (Wildman–Crippen LogP) is 3.43. The van der Waals surface area contributed by atoms with Crippen LogP contribution in [-0.2, 0) is 26.2 Å². The highest BCUT2D eigenvalue weighted by Gasteiger charge is 2.26. The number of nitrogens with zero attached hydrogens (tertiary/aromatic N) is 2. The molecule has 0 aliphatic carbocycles. The summed E-state index contributed by atoms with van der Waals surface area (Å²) in [5.41, 5.74) is 0.871. The number of nitrogens with one attached hydrogen (secondary N) is 1. The summed E-state index contributed by atoms with van der Waals surface area (Å²) < 4.78 is 31.9. The number of hydrogen-bond acceptors (Lipinski definition) is 5. The van der Waals surface area contributed by atoms with Crippen LogP contribution in [0.25, 0.3) is 0 Å². The Morgan fingerprint density at radius 1 is 1.03 bits per heavy atom. The average molecular weight is 504 g/mol. The molecule has 0 aliphatic heterocycles. The second-order valence-electron chi connectivity index (χ2n) is 8.43. The minimum atomic E-state index is -3.62. The second-order valence-corrected chi connectivity index (χ2v) is 10.5. The van der Waals surface area contributed by atoms with Crippen molar-refractivity contribution in [3.63, 3.8) is 0 Å². The van der Waals surface area contributed by atoms with Crippen LogP contribution in [0.15, 0.2) is 59.5 Å². The van der Waals surface area contributed by atoms with E-state index < -0.39 is 16.1 Å². The van der Waals surface area contributed by atoms with Gasteiger partial charge in [0.05, 0.1) is 12.0 Å². The predicted molar refractivity (Wildman–Crippen MR) is 136 cm³/mol. The van der Waals surface area contributed by atoms with Gasteiger partial charge in [-0.2, -0.15) is 0 Å². The molecule has 9 heteroatoms. The van der Waals surface area contributed by atoms with E-state index in [0.29, 0.717) is 18.7 Å². The van der Waals surface area contributed by atoms with Crippen molar-refractivity contribution in [1.82, 2.24) is 14.5 Å². The third-order valence-electron chi connectivity index (χ3n) is 5.82. The highest BCUT2D eigenvalue weighted by Crippen LogP contribution is 2.17. The topological polar surface area (TPSA) is 96.0 Å². The molecule has 2 aromatic carbocycles. The number of unbranched alkanes of at least 4 members (excludes halogenated alkanes) is 1. The SMILES string of the molecule is CCCCNC(=O)C(C)N(Cc1ccc(OC)cc1)C(=O)CCCN(C)S(=O)(=O)c1ccccc1. The van der Waals surface area contributed by atoms with E-state index in [1.807, 2.05) is 31.2 Å². The zero-order valence-electron chi connectivity index (χ0n) is 21.1. The Balaban J connectivity index is 2.06. The van der Waals surface area contributed by atoms with Gasteiger partial charge in [-0.25, -0.2) is 12.7 Å². The molecule has 0 saturated carbocycles. The summed E-state index contributed by atoms with van der Waals surface area (Å²) in [5, 5.41) is 2.89. The summed E-state index contributed by atoms with van der Waals surface area (Å²) >= 11 is 0. The van der Waals surface area contributed by atoms with E-state index in [1.165, 1.54) is 11.4 Å². The maximum atomic E-state index is 13.2. The van der Waals surface area contributed by atoms with Crippen LogP contribution < -0.4 is 10.1 Å². The number of benzene rings is 2. The Morgan fingerprint density at radius 3 is 2.29 bits per heavy atom. The van der Waals surface area contributed by atoms with Gasteiger partial charge >= 0.3 is 0 Å². The van der Waals surface area contributed by atoms with E-state index in [2.05, 4.69) is 5.32 Å². The third-order valence-corrected chi connectivity index (χ3v) is 7.69. The first-order chi connectivity index (χ1) is 16.7. The van der Waals surface area contributed by atoms with Gasteiger partial charge in [0, 0.05) is 33.1 Å². The lowest BCUT2D eigenvalue weighted by Gasteiger charge is -2.29. The number of methoxy groups -OCH3 is 1. The highest BCUT2D eigenvalue weighted by atomic mass is 32.2. The number of rotatable bonds is 14. The maximum absolute atomic E-state index is 13.2. The number of hydrogen-bond donors (Lipinski definition) is 1. The van der Waals surface area contributed by atoms with Gasteiger partial charge in [0.15, 0.2) is 0 Å². The normalized spacial score (nSPS) is 12.3. The van der Waals surface area contributed by atoms with Crippen LogP contribution in [-0.4, -0.2) is 62.7 Å². The zero-order chi connectivity index (χ0) is 25.8. The largest absolute Gasteiger partial charge is 0.497 e. The van der Waals surface area contributed by atoms with Gasteiger partial charge in [0.25, 0.3) is 0 Å².